The van der Waals surface area contributed by atoms with Gasteiger partial charge in [0.25, 0.3) is 0 Å². The second-order valence-electron chi connectivity index (χ2n) is 5.51. The van der Waals surface area contributed by atoms with Gasteiger partial charge in [0.15, 0.2) is 4.34 Å². The van der Waals surface area contributed by atoms with Gasteiger partial charge in [-0.3, -0.25) is 10.1 Å². The van der Waals surface area contributed by atoms with Crippen LogP contribution in [0.1, 0.15) is 5.56 Å². The zero-order valence-corrected chi connectivity index (χ0v) is 15.8. The number of aromatic nitrogens is 1. The normalized spacial score (nSPS) is 10.4. The third-order valence-corrected chi connectivity index (χ3v) is 5.52. The Morgan fingerprint density at radius 2 is 1.81 bits per heavy atom. The van der Waals surface area contributed by atoms with E-state index in [1.165, 1.54) is 35.2 Å². The molecule has 1 aromatic heterocycles. The van der Waals surface area contributed by atoms with E-state index in [2.05, 4.69) is 15.6 Å². The summed E-state index contributed by atoms with van der Waals surface area (Å²) in [6.45, 7) is 0.348. The predicted molar refractivity (Wildman–Crippen MR) is 105 cm³/mol. The maximum absolute atomic E-state index is 13.0. The number of imide groups is 1. The van der Waals surface area contributed by atoms with Gasteiger partial charge in [-0.2, -0.15) is 0 Å². The van der Waals surface area contributed by atoms with Crippen LogP contribution in [0.5, 0.6) is 0 Å². The molecule has 3 rings (SSSR count). The van der Waals surface area contributed by atoms with Gasteiger partial charge in [-0.15, -0.1) is 11.3 Å². The summed E-state index contributed by atoms with van der Waals surface area (Å²) >= 11 is 2.64. The summed E-state index contributed by atoms with van der Waals surface area (Å²) in [4.78, 5) is 28.1. The van der Waals surface area contributed by atoms with E-state index in [1.54, 1.807) is 12.1 Å². The van der Waals surface area contributed by atoms with Crippen molar-refractivity contribution in [2.45, 2.75) is 10.9 Å². The van der Waals surface area contributed by atoms with Crippen molar-refractivity contribution >= 4 is 35.0 Å². The number of rotatable bonds is 6. The largest absolute Gasteiger partial charge is 0.334 e. The fraction of sp³-hybridized carbons (Fsp3) is 0.105. The molecule has 0 saturated carbocycles. The molecule has 0 atom stereocenters. The van der Waals surface area contributed by atoms with Crippen LogP contribution in [0.15, 0.2) is 64.3 Å². The number of nitrogens with one attached hydrogen (secondary N) is 2. The highest BCUT2D eigenvalue weighted by Gasteiger charge is 2.11. The van der Waals surface area contributed by atoms with Crippen LogP contribution in [0.25, 0.3) is 11.3 Å². The summed E-state index contributed by atoms with van der Waals surface area (Å²) in [5, 5.41) is 6.77. The van der Waals surface area contributed by atoms with E-state index in [0.29, 0.717) is 10.9 Å². The third kappa shape index (κ3) is 5.90. The number of benzene rings is 2. The SMILES string of the molecule is O=C(CSc1nc(-c2ccc(F)cc2)cs1)NC(=O)NCc1ccccc1. The quantitative estimate of drug-likeness (QED) is 0.611. The van der Waals surface area contributed by atoms with Gasteiger partial charge in [-0.25, -0.2) is 14.2 Å². The number of thiazole rings is 1. The molecule has 0 aliphatic rings. The molecule has 138 valence electrons. The van der Waals surface area contributed by atoms with Crippen LogP contribution in [-0.2, 0) is 11.3 Å². The molecule has 0 fully saturated rings. The highest BCUT2D eigenvalue weighted by atomic mass is 32.2. The molecule has 8 heteroatoms. The van der Waals surface area contributed by atoms with Gasteiger partial charge in [0.2, 0.25) is 5.91 Å². The van der Waals surface area contributed by atoms with E-state index in [-0.39, 0.29) is 11.6 Å². The minimum Gasteiger partial charge on any atom is -0.334 e. The van der Waals surface area contributed by atoms with Gasteiger partial charge in [0, 0.05) is 17.5 Å². The zero-order valence-electron chi connectivity index (χ0n) is 14.1. The van der Waals surface area contributed by atoms with E-state index in [9.17, 15) is 14.0 Å². The van der Waals surface area contributed by atoms with Crippen LogP contribution in [0.4, 0.5) is 9.18 Å². The summed E-state index contributed by atoms with van der Waals surface area (Å²) in [7, 11) is 0. The Bertz CT molecular complexity index is 914. The van der Waals surface area contributed by atoms with Crippen LogP contribution in [0.3, 0.4) is 0 Å². The molecule has 1 heterocycles. The van der Waals surface area contributed by atoms with E-state index in [1.807, 2.05) is 35.7 Å². The Balaban J connectivity index is 1.44. The average molecular weight is 401 g/mol. The predicted octanol–water partition coefficient (Wildman–Crippen LogP) is 4.07. The van der Waals surface area contributed by atoms with E-state index < -0.39 is 11.9 Å². The molecule has 0 bridgehead atoms. The maximum Gasteiger partial charge on any atom is 0.321 e. The summed E-state index contributed by atoms with van der Waals surface area (Å²) in [5.74, 6) is -0.621. The molecule has 0 saturated heterocycles. The van der Waals surface area contributed by atoms with Gasteiger partial charge in [0.05, 0.1) is 11.4 Å². The van der Waals surface area contributed by atoms with Crippen molar-refractivity contribution in [3.8, 4) is 11.3 Å². The minimum absolute atomic E-state index is 0.0785. The molecular formula is C19H16FN3O2S2. The number of hydrogen-bond donors (Lipinski definition) is 2. The molecule has 2 N–H and O–H groups in total. The molecule has 0 unspecified atom stereocenters. The first-order chi connectivity index (χ1) is 13.1. The topological polar surface area (TPSA) is 71.1 Å². The van der Waals surface area contributed by atoms with E-state index >= 15 is 0 Å². The van der Waals surface area contributed by atoms with Gasteiger partial charge in [0.1, 0.15) is 5.82 Å². The third-order valence-electron chi connectivity index (χ3n) is 3.50. The number of hydrogen-bond acceptors (Lipinski definition) is 5. The van der Waals surface area contributed by atoms with Crippen LogP contribution in [-0.4, -0.2) is 22.7 Å². The number of nitrogens with zero attached hydrogens (tertiary/aromatic N) is 1. The molecule has 5 nitrogen and oxygen atoms in total. The average Bonchev–Trinajstić information content (AvgIpc) is 3.15. The first-order valence-electron chi connectivity index (χ1n) is 8.06. The lowest BCUT2D eigenvalue weighted by atomic mass is 10.2. The summed E-state index contributed by atoms with van der Waals surface area (Å²) in [6.07, 6.45) is 0. The lowest BCUT2D eigenvalue weighted by Crippen LogP contribution is -2.39. The molecule has 3 aromatic rings. The molecular weight excluding hydrogens is 385 g/mol. The molecule has 0 aliphatic heterocycles. The van der Waals surface area contributed by atoms with Crippen LogP contribution in [0, 0.1) is 5.82 Å². The molecule has 0 spiro atoms. The minimum atomic E-state index is -0.532. The van der Waals surface area contributed by atoms with Gasteiger partial charge in [-0.1, -0.05) is 42.1 Å². The number of thioether (sulfide) groups is 1. The van der Waals surface area contributed by atoms with Crippen LogP contribution in [0.2, 0.25) is 0 Å². The van der Waals surface area contributed by atoms with Crippen LogP contribution >= 0.6 is 23.1 Å². The maximum atomic E-state index is 13.0. The van der Waals surface area contributed by atoms with Crippen molar-refractivity contribution in [1.29, 1.82) is 0 Å². The van der Waals surface area contributed by atoms with Crippen molar-refractivity contribution in [2.75, 3.05) is 5.75 Å². The summed E-state index contributed by atoms with van der Waals surface area (Å²) in [6, 6.07) is 15.0. The van der Waals surface area contributed by atoms with Gasteiger partial charge in [-0.05, 0) is 29.8 Å². The molecule has 3 amide bonds. The highest BCUT2D eigenvalue weighted by molar-refractivity contribution is 8.01. The second kappa shape index (κ2) is 9.29. The Kier molecular flexibility index (Phi) is 6.56. The summed E-state index contributed by atoms with van der Waals surface area (Å²) < 4.78 is 13.7. The summed E-state index contributed by atoms with van der Waals surface area (Å²) in [5.41, 5.74) is 2.48. The van der Waals surface area contributed by atoms with E-state index in [0.717, 1.165) is 16.8 Å². The van der Waals surface area contributed by atoms with E-state index in [4.69, 9.17) is 0 Å². The van der Waals surface area contributed by atoms with Crippen molar-refractivity contribution in [3.05, 3.63) is 71.4 Å². The Hall–Kier alpha value is -2.71. The van der Waals surface area contributed by atoms with Crippen molar-refractivity contribution in [2.24, 2.45) is 0 Å². The highest BCUT2D eigenvalue weighted by Crippen LogP contribution is 2.28. The fourth-order valence-corrected chi connectivity index (χ4v) is 3.82. The smallest absolute Gasteiger partial charge is 0.321 e. The molecule has 2 aromatic carbocycles. The molecule has 0 aliphatic carbocycles. The van der Waals surface area contributed by atoms with Crippen LogP contribution < -0.4 is 10.6 Å². The lowest BCUT2D eigenvalue weighted by Gasteiger charge is -2.06. The number of carbonyl (C=O) groups excluding carboxylic acids is 2. The monoisotopic (exact) mass is 401 g/mol. The van der Waals surface area contributed by atoms with Gasteiger partial charge < -0.3 is 5.32 Å². The van der Waals surface area contributed by atoms with Crippen molar-refractivity contribution < 1.29 is 14.0 Å². The Labute approximate surface area is 164 Å². The van der Waals surface area contributed by atoms with Crippen molar-refractivity contribution in [3.63, 3.8) is 0 Å². The van der Waals surface area contributed by atoms with Crippen molar-refractivity contribution in [1.82, 2.24) is 15.6 Å². The molecule has 27 heavy (non-hydrogen) atoms. The first-order valence-corrected chi connectivity index (χ1v) is 9.92. The molecule has 0 radical (unpaired) electrons. The number of halogens is 1. The second-order valence-corrected chi connectivity index (χ2v) is 7.59. The Morgan fingerprint density at radius 3 is 2.56 bits per heavy atom. The number of carbonyl (C=O) groups is 2. The zero-order chi connectivity index (χ0) is 19.1. The lowest BCUT2D eigenvalue weighted by molar-refractivity contribution is -0.117. The fourth-order valence-electron chi connectivity index (χ4n) is 2.19. The standard InChI is InChI=1S/C19H16FN3O2S2/c20-15-8-6-14(7-9-15)16-11-26-19(22-16)27-12-17(24)23-18(25)21-10-13-4-2-1-3-5-13/h1-9,11H,10,12H2,(H2,21,23,24,25). The van der Waals surface area contributed by atoms with Gasteiger partial charge >= 0.3 is 6.03 Å². The first kappa shape index (κ1) is 19.1. The number of amides is 3. The number of urea groups is 1. The Morgan fingerprint density at radius 1 is 1.07 bits per heavy atom.